The van der Waals surface area contributed by atoms with Crippen LogP contribution in [0.5, 0.6) is 0 Å². The highest BCUT2D eigenvalue weighted by Crippen LogP contribution is 2.20. The van der Waals surface area contributed by atoms with Gasteiger partial charge >= 0.3 is 0 Å². The average Bonchev–Trinajstić information content (AvgIpc) is 2.59. The van der Waals surface area contributed by atoms with E-state index in [1.807, 2.05) is 0 Å². The number of morpholine rings is 1. The first-order chi connectivity index (χ1) is 10.7. The molecule has 1 fully saturated rings. The lowest BCUT2D eigenvalue weighted by molar-refractivity contribution is -0.114. The van der Waals surface area contributed by atoms with E-state index in [-0.39, 0.29) is 23.8 Å². The molecular weight excluding hydrogens is 286 g/mol. The molecule has 1 saturated heterocycles. The van der Waals surface area contributed by atoms with Crippen LogP contribution >= 0.6 is 0 Å². The van der Waals surface area contributed by atoms with Gasteiger partial charge in [0.05, 0.1) is 25.3 Å². The van der Waals surface area contributed by atoms with E-state index in [4.69, 9.17) is 4.74 Å². The third-order valence-electron chi connectivity index (χ3n) is 3.23. The Bertz CT molecular complexity index is 582. The Hall–Kier alpha value is -2.54. The van der Waals surface area contributed by atoms with Crippen LogP contribution in [0, 0.1) is 0 Å². The second-order valence-corrected chi connectivity index (χ2v) is 4.55. The smallest absolute Gasteiger partial charge is 0.257 e. The number of nitrogens with zero attached hydrogens (tertiary/aromatic N) is 3. The van der Waals surface area contributed by atoms with Gasteiger partial charge in [-0.3, -0.25) is 19.3 Å². The molecule has 0 bridgehead atoms. The summed E-state index contributed by atoms with van der Waals surface area (Å²) >= 11 is 0. The van der Waals surface area contributed by atoms with Gasteiger partial charge in [0.1, 0.15) is 5.82 Å². The molecule has 115 valence electrons. The molecular formula is C15H16N3O4. The number of amides is 2. The Labute approximate surface area is 128 Å². The van der Waals surface area contributed by atoms with Crippen molar-refractivity contribution in [2.45, 2.75) is 0 Å². The van der Waals surface area contributed by atoms with E-state index in [1.54, 1.807) is 23.3 Å². The Kier molecular flexibility index (Phi) is 5.37. The molecule has 0 aliphatic carbocycles. The molecule has 0 saturated carbocycles. The molecule has 1 aromatic heterocycles. The first kappa shape index (κ1) is 15.8. The number of ether oxygens (including phenoxy) is 1. The summed E-state index contributed by atoms with van der Waals surface area (Å²) in [6.07, 6.45) is 4.17. The molecule has 1 aliphatic rings. The predicted molar refractivity (Wildman–Crippen MR) is 79.2 cm³/mol. The molecule has 1 aliphatic heterocycles. The molecule has 2 rings (SSSR count). The Morgan fingerprint density at radius 2 is 2.18 bits per heavy atom. The fraction of sp³-hybridized carbons (Fsp3) is 0.333. The fourth-order valence-corrected chi connectivity index (χ4v) is 2.15. The molecule has 0 spiro atoms. The summed E-state index contributed by atoms with van der Waals surface area (Å²) in [5.41, 5.74) is 0.259. The van der Waals surface area contributed by atoms with Crippen molar-refractivity contribution in [3.63, 3.8) is 0 Å². The number of carbonyl (C=O) groups excluding carboxylic acids is 3. The highest BCUT2D eigenvalue weighted by Gasteiger charge is 2.25. The van der Waals surface area contributed by atoms with Gasteiger partial charge in [-0.15, -0.1) is 0 Å². The Balaban J connectivity index is 2.35. The van der Waals surface area contributed by atoms with Crippen molar-refractivity contribution >= 4 is 23.9 Å². The molecule has 2 heterocycles. The predicted octanol–water partition coefficient (Wildman–Crippen LogP) is 0.183. The van der Waals surface area contributed by atoms with Crippen molar-refractivity contribution < 1.29 is 19.1 Å². The highest BCUT2D eigenvalue weighted by atomic mass is 16.5. The van der Waals surface area contributed by atoms with Crippen LogP contribution in [0.2, 0.25) is 0 Å². The normalized spacial score (nSPS) is 14.3. The molecule has 2 amide bonds. The lowest BCUT2D eigenvalue weighted by Crippen LogP contribution is -2.42. The second-order valence-electron chi connectivity index (χ2n) is 4.55. The number of carbonyl (C=O) groups is 2. The lowest BCUT2D eigenvalue weighted by atomic mass is 10.2. The van der Waals surface area contributed by atoms with Gasteiger partial charge in [0.25, 0.3) is 11.8 Å². The summed E-state index contributed by atoms with van der Waals surface area (Å²) in [4.78, 5) is 42.0. The van der Waals surface area contributed by atoms with Crippen molar-refractivity contribution in [1.82, 2.24) is 9.88 Å². The van der Waals surface area contributed by atoms with Crippen LogP contribution in [-0.4, -0.2) is 60.8 Å². The molecule has 0 unspecified atom stereocenters. The van der Waals surface area contributed by atoms with Crippen LogP contribution in [0.4, 0.5) is 5.82 Å². The van der Waals surface area contributed by atoms with Crippen molar-refractivity contribution in [3.8, 4) is 0 Å². The topological polar surface area (TPSA) is 79.8 Å². The second kappa shape index (κ2) is 7.46. The van der Waals surface area contributed by atoms with Crippen LogP contribution in [-0.2, 0) is 14.3 Å². The number of pyridine rings is 1. The fourth-order valence-electron chi connectivity index (χ4n) is 2.15. The van der Waals surface area contributed by atoms with Crippen molar-refractivity contribution in [3.05, 3.63) is 36.5 Å². The quantitative estimate of drug-likeness (QED) is 0.725. The van der Waals surface area contributed by atoms with Crippen LogP contribution < -0.4 is 4.90 Å². The van der Waals surface area contributed by atoms with Crippen LogP contribution in [0.25, 0.3) is 0 Å². The monoisotopic (exact) mass is 302 g/mol. The number of hydrogen-bond acceptors (Lipinski definition) is 5. The minimum Gasteiger partial charge on any atom is -0.378 e. The Morgan fingerprint density at radius 1 is 1.45 bits per heavy atom. The van der Waals surface area contributed by atoms with E-state index in [0.717, 1.165) is 11.0 Å². The SMILES string of the molecule is C=CC(=O)N(C[C]=O)c1ncccc1C(=O)N1CCOCC1. The van der Waals surface area contributed by atoms with Crippen molar-refractivity contribution in [2.75, 3.05) is 37.7 Å². The molecule has 7 heteroatoms. The highest BCUT2D eigenvalue weighted by molar-refractivity contribution is 6.07. The van der Waals surface area contributed by atoms with E-state index < -0.39 is 5.91 Å². The lowest BCUT2D eigenvalue weighted by Gasteiger charge is -2.28. The minimum absolute atomic E-state index is 0.132. The zero-order valence-electron chi connectivity index (χ0n) is 12.0. The molecule has 7 nitrogen and oxygen atoms in total. The van der Waals surface area contributed by atoms with Gasteiger partial charge in [0, 0.05) is 19.3 Å². The van der Waals surface area contributed by atoms with E-state index in [9.17, 15) is 14.4 Å². The summed E-state index contributed by atoms with van der Waals surface area (Å²) < 4.78 is 5.22. The first-order valence-electron chi connectivity index (χ1n) is 6.80. The van der Waals surface area contributed by atoms with Gasteiger partial charge in [0.2, 0.25) is 6.29 Å². The van der Waals surface area contributed by atoms with Gasteiger partial charge in [0.15, 0.2) is 0 Å². The number of hydrogen-bond donors (Lipinski definition) is 0. The van der Waals surface area contributed by atoms with Crippen molar-refractivity contribution in [2.24, 2.45) is 0 Å². The molecule has 0 atom stereocenters. The maximum Gasteiger partial charge on any atom is 0.257 e. The molecule has 0 aromatic carbocycles. The molecule has 1 radical (unpaired) electrons. The third-order valence-corrected chi connectivity index (χ3v) is 3.23. The van der Waals surface area contributed by atoms with E-state index in [2.05, 4.69) is 11.6 Å². The standard InChI is InChI=1S/C15H16N3O4/c1-2-13(20)18(6-9-19)14-12(4-3-5-16-14)15(21)17-7-10-22-11-8-17/h2-5H,1,6-8,10-11H2. The number of anilines is 1. The molecule has 1 aromatic rings. The molecule has 0 N–H and O–H groups in total. The zero-order valence-corrected chi connectivity index (χ0v) is 12.0. The van der Waals surface area contributed by atoms with Gasteiger partial charge in [-0.25, -0.2) is 4.98 Å². The third kappa shape index (κ3) is 3.37. The summed E-state index contributed by atoms with van der Waals surface area (Å²) in [7, 11) is 0. The maximum atomic E-state index is 12.6. The van der Waals surface area contributed by atoms with Gasteiger partial charge in [-0.2, -0.15) is 0 Å². The van der Waals surface area contributed by atoms with Crippen LogP contribution in [0.15, 0.2) is 31.0 Å². The largest absolute Gasteiger partial charge is 0.378 e. The number of rotatable bonds is 5. The average molecular weight is 302 g/mol. The van der Waals surface area contributed by atoms with E-state index >= 15 is 0 Å². The maximum absolute atomic E-state index is 12.6. The minimum atomic E-state index is -0.516. The summed E-state index contributed by atoms with van der Waals surface area (Å²) in [5.74, 6) is -0.635. The van der Waals surface area contributed by atoms with Crippen LogP contribution in [0.3, 0.4) is 0 Å². The van der Waals surface area contributed by atoms with Crippen molar-refractivity contribution in [1.29, 1.82) is 0 Å². The summed E-state index contributed by atoms with van der Waals surface area (Å²) in [6.45, 7) is 4.97. The van der Waals surface area contributed by atoms with Crippen LogP contribution in [0.1, 0.15) is 10.4 Å². The summed E-state index contributed by atoms with van der Waals surface area (Å²) in [6, 6.07) is 3.19. The van der Waals surface area contributed by atoms with Gasteiger partial charge in [-0.05, 0) is 18.2 Å². The van der Waals surface area contributed by atoms with Gasteiger partial charge < -0.3 is 9.64 Å². The number of aromatic nitrogens is 1. The van der Waals surface area contributed by atoms with Gasteiger partial charge in [-0.1, -0.05) is 6.58 Å². The first-order valence-corrected chi connectivity index (χ1v) is 6.80. The van der Waals surface area contributed by atoms with E-state index in [1.165, 1.54) is 6.20 Å². The zero-order chi connectivity index (χ0) is 15.9. The molecule has 22 heavy (non-hydrogen) atoms. The van der Waals surface area contributed by atoms with E-state index in [0.29, 0.717) is 26.3 Å². The Morgan fingerprint density at radius 3 is 2.82 bits per heavy atom. The summed E-state index contributed by atoms with van der Waals surface area (Å²) in [5, 5.41) is 0.